The largest absolute Gasteiger partial charge is 0.455 e. The first kappa shape index (κ1) is 15.3. The van der Waals surface area contributed by atoms with Gasteiger partial charge in [0, 0.05) is 7.11 Å². The average molecular weight is 265 g/mol. The number of carbonyl (C=O) groups excluding carboxylic acids is 1. The van der Waals surface area contributed by atoms with E-state index in [0.29, 0.717) is 0 Å². The van der Waals surface area contributed by atoms with Gasteiger partial charge in [-0.1, -0.05) is 0 Å². The quantitative estimate of drug-likeness (QED) is 0.405. The SMILES string of the molecule is CO[C@H]1O[C@H](CO)[C@@H](O)[C@H](OC(=O)[C@H](C)N)[C@H]1O. The lowest BCUT2D eigenvalue weighted by Gasteiger charge is -2.40. The summed E-state index contributed by atoms with van der Waals surface area (Å²) >= 11 is 0. The van der Waals surface area contributed by atoms with Gasteiger partial charge in [-0.25, -0.2) is 0 Å². The van der Waals surface area contributed by atoms with E-state index in [0.717, 1.165) is 0 Å². The van der Waals surface area contributed by atoms with E-state index in [1.165, 1.54) is 14.0 Å². The van der Waals surface area contributed by atoms with Gasteiger partial charge in [-0.05, 0) is 6.92 Å². The summed E-state index contributed by atoms with van der Waals surface area (Å²) in [6.45, 7) is 0.914. The minimum Gasteiger partial charge on any atom is -0.455 e. The molecule has 0 aliphatic carbocycles. The fourth-order valence-corrected chi connectivity index (χ4v) is 1.63. The maximum atomic E-state index is 11.4. The molecule has 1 saturated heterocycles. The van der Waals surface area contributed by atoms with Crippen LogP contribution in [0.1, 0.15) is 6.92 Å². The number of hydrogen-bond donors (Lipinski definition) is 4. The van der Waals surface area contributed by atoms with E-state index in [4.69, 9.17) is 25.1 Å². The number of hydrogen-bond acceptors (Lipinski definition) is 8. The van der Waals surface area contributed by atoms with Gasteiger partial charge in [-0.2, -0.15) is 0 Å². The number of carbonyl (C=O) groups is 1. The first-order valence-corrected chi connectivity index (χ1v) is 5.53. The van der Waals surface area contributed by atoms with Gasteiger partial charge in [0.15, 0.2) is 12.4 Å². The van der Waals surface area contributed by atoms with E-state index in [1.807, 2.05) is 0 Å². The molecule has 1 heterocycles. The smallest absolute Gasteiger partial charge is 0.323 e. The maximum Gasteiger partial charge on any atom is 0.323 e. The van der Waals surface area contributed by atoms with Crippen LogP contribution >= 0.6 is 0 Å². The highest BCUT2D eigenvalue weighted by Crippen LogP contribution is 2.24. The van der Waals surface area contributed by atoms with Crippen molar-refractivity contribution in [3.05, 3.63) is 0 Å². The summed E-state index contributed by atoms with van der Waals surface area (Å²) in [4.78, 5) is 11.4. The monoisotopic (exact) mass is 265 g/mol. The van der Waals surface area contributed by atoms with Crippen molar-refractivity contribution >= 4 is 5.97 Å². The van der Waals surface area contributed by atoms with Crippen LogP contribution in [0.3, 0.4) is 0 Å². The summed E-state index contributed by atoms with van der Waals surface area (Å²) in [5, 5.41) is 28.7. The molecular weight excluding hydrogens is 246 g/mol. The predicted octanol–water partition coefficient (Wildman–Crippen LogP) is -2.67. The number of aliphatic hydroxyl groups is 3. The topological polar surface area (TPSA) is 131 Å². The van der Waals surface area contributed by atoms with Crippen LogP contribution in [0.15, 0.2) is 0 Å². The number of rotatable bonds is 4. The van der Waals surface area contributed by atoms with Gasteiger partial charge < -0.3 is 35.3 Å². The van der Waals surface area contributed by atoms with Crippen LogP contribution in [0.4, 0.5) is 0 Å². The van der Waals surface area contributed by atoms with E-state index in [-0.39, 0.29) is 0 Å². The molecule has 5 N–H and O–H groups in total. The van der Waals surface area contributed by atoms with Crippen LogP contribution in [-0.2, 0) is 19.0 Å². The standard InChI is InChI=1S/C10H19NO7/c1-4(11)9(15)18-8-6(13)5(3-12)17-10(16-2)7(8)14/h4-8,10,12-14H,3,11H2,1-2H3/t4-,5+,6+,7+,8-,10-/m0/s1. The number of nitrogens with two attached hydrogens (primary N) is 1. The van der Waals surface area contributed by atoms with Crippen LogP contribution in [0.2, 0.25) is 0 Å². The molecule has 8 heteroatoms. The van der Waals surface area contributed by atoms with Gasteiger partial charge in [0.25, 0.3) is 0 Å². The highest BCUT2D eigenvalue weighted by Gasteiger charge is 2.47. The number of esters is 1. The maximum absolute atomic E-state index is 11.4. The summed E-state index contributed by atoms with van der Waals surface area (Å²) < 4.78 is 14.8. The third kappa shape index (κ3) is 3.16. The second-order valence-corrected chi connectivity index (χ2v) is 4.13. The molecule has 0 spiro atoms. The van der Waals surface area contributed by atoms with Gasteiger partial charge in [-0.3, -0.25) is 4.79 Å². The van der Waals surface area contributed by atoms with Crippen LogP contribution in [-0.4, -0.2) is 71.8 Å². The molecule has 1 rings (SSSR count). The lowest BCUT2D eigenvalue weighted by atomic mass is 9.99. The Kier molecular flexibility index (Phi) is 5.45. The Bertz CT molecular complexity index is 269. The first-order chi connectivity index (χ1) is 8.42. The molecule has 0 unspecified atom stereocenters. The molecule has 0 bridgehead atoms. The van der Waals surface area contributed by atoms with Crippen molar-refractivity contribution in [2.75, 3.05) is 13.7 Å². The van der Waals surface area contributed by atoms with Crippen molar-refractivity contribution in [1.82, 2.24) is 0 Å². The Morgan fingerprint density at radius 3 is 2.50 bits per heavy atom. The van der Waals surface area contributed by atoms with Gasteiger partial charge in [0.1, 0.15) is 24.4 Å². The summed E-state index contributed by atoms with van der Waals surface area (Å²) in [5.74, 6) is -0.772. The van der Waals surface area contributed by atoms with Crippen molar-refractivity contribution in [3.63, 3.8) is 0 Å². The molecule has 1 aliphatic rings. The summed E-state index contributed by atoms with van der Waals surface area (Å²) in [6, 6.07) is -0.888. The molecule has 18 heavy (non-hydrogen) atoms. The predicted molar refractivity (Wildman–Crippen MR) is 58.3 cm³/mol. The van der Waals surface area contributed by atoms with E-state index in [1.54, 1.807) is 0 Å². The van der Waals surface area contributed by atoms with Crippen LogP contribution in [0.5, 0.6) is 0 Å². The van der Waals surface area contributed by atoms with E-state index >= 15 is 0 Å². The Balaban J connectivity index is 2.80. The highest BCUT2D eigenvalue weighted by molar-refractivity contribution is 5.75. The van der Waals surface area contributed by atoms with Crippen molar-refractivity contribution in [2.45, 2.75) is 43.7 Å². The zero-order chi connectivity index (χ0) is 13.9. The second-order valence-electron chi connectivity index (χ2n) is 4.13. The van der Waals surface area contributed by atoms with Gasteiger partial charge >= 0.3 is 5.97 Å². The van der Waals surface area contributed by atoms with Crippen LogP contribution in [0.25, 0.3) is 0 Å². The molecular formula is C10H19NO7. The molecule has 6 atom stereocenters. The lowest BCUT2D eigenvalue weighted by molar-refractivity contribution is -0.297. The third-order valence-corrected chi connectivity index (χ3v) is 2.68. The van der Waals surface area contributed by atoms with E-state index < -0.39 is 49.3 Å². The van der Waals surface area contributed by atoms with Gasteiger partial charge in [-0.15, -0.1) is 0 Å². The minimum absolute atomic E-state index is 0.500. The van der Waals surface area contributed by atoms with Gasteiger partial charge in [0.2, 0.25) is 0 Å². The van der Waals surface area contributed by atoms with Crippen molar-refractivity contribution in [1.29, 1.82) is 0 Å². The van der Waals surface area contributed by atoms with Crippen molar-refractivity contribution in [2.24, 2.45) is 5.73 Å². The molecule has 0 saturated carbocycles. The molecule has 0 aromatic rings. The van der Waals surface area contributed by atoms with Gasteiger partial charge in [0.05, 0.1) is 6.61 Å². The number of methoxy groups -OCH3 is 1. The Hall–Kier alpha value is -0.770. The molecule has 8 nitrogen and oxygen atoms in total. The molecule has 0 aromatic heterocycles. The Morgan fingerprint density at radius 2 is 2.06 bits per heavy atom. The van der Waals surface area contributed by atoms with Crippen molar-refractivity contribution < 1.29 is 34.3 Å². The normalized spacial score (nSPS) is 38.2. The van der Waals surface area contributed by atoms with Crippen molar-refractivity contribution in [3.8, 4) is 0 Å². The zero-order valence-electron chi connectivity index (χ0n) is 10.2. The fraction of sp³-hybridized carbons (Fsp3) is 0.900. The fourth-order valence-electron chi connectivity index (χ4n) is 1.63. The van der Waals surface area contributed by atoms with E-state index in [2.05, 4.69) is 0 Å². The zero-order valence-corrected chi connectivity index (χ0v) is 10.2. The second kappa shape index (κ2) is 6.41. The first-order valence-electron chi connectivity index (χ1n) is 5.53. The molecule has 0 aromatic carbocycles. The Labute approximate surface area is 104 Å². The minimum atomic E-state index is -1.37. The molecule has 1 fully saturated rings. The summed E-state index contributed by atoms with van der Waals surface area (Å²) in [6.07, 6.45) is -6.10. The summed E-state index contributed by atoms with van der Waals surface area (Å²) in [5.41, 5.74) is 5.33. The molecule has 106 valence electrons. The summed E-state index contributed by atoms with van der Waals surface area (Å²) in [7, 11) is 1.28. The van der Waals surface area contributed by atoms with Crippen LogP contribution in [0, 0.1) is 0 Å². The highest BCUT2D eigenvalue weighted by atomic mass is 16.7. The number of ether oxygens (including phenoxy) is 3. The lowest BCUT2D eigenvalue weighted by Crippen LogP contribution is -2.60. The molecule has 0 amide bonds. The molecule has 1 aliphatic heterocycles. The third-order valence-electron chi connectivity index (χ3n) is 2.68. The van der Waals surface area contributed by atoms with Crippen LogP contribution < -0.4 is 5.73 Å². The molecule has 0 radical (unpaired) electrons. The number of aliphatic hydroxyl groups excluding tert-OH is 3. The average Bonchev–Trinajstić information content (AvgIpc) is 2.34. The Morgan fingerprint density at radius 1 is 1.44 bits per heavy atom. The van der Waals surface area contributed by atoms with E-state index in [9.17, 15) is 15.0 Å².